The minimum absolute atomic E-state index is 0.276. The first-order valence-corrected chi connectivity index (χ1v) is 39.4. The van der Waals surface area contributed by atoms with Gasteiger partial charge in [-0.15, -0.1) is 0 Å². The molecule has 10 rings (SSSR count). The van der Waals surface area contributed by atoms with Gasteiger partial charge in [0.15, 0.2) is 25.2 Å². The quantitative estimate of drug-likeness (QED) is 0.0271. The van der Waals surface area contributed by atoms with E-state index in [0.29, 0.717) is 88.5 Å². The van der Waals surface area contributed by atoms with Crippen LogP contribution in [-0.4, -0.2) is 84.1 Å². The van der Waals surface area contributed by atoms with Crippen molar-refractivity contribution in [2.24, 2.45) is 0 Å². The monoisotopic (exact) mass is 1430 g/mol. The summed E-state index contributed by atoms with van der Waals surface area (Å²) in [5, 5.41) is 0. The van der Waals surface area contributed by atoms with E-state index in [0.717, 1.165) is 90.3 Å². The molecule has 12 heteroatoms. The lowest BCUT2D eigenvalue weighted by molar-refractivity contribution is -0.0944. The van der Waals surface area contributed by atoms with Crippen LogP contribution in [-0.2, 0) is 23.7 Å². The lowest BCUT2D eigenvalue weighted by atomic mass is 9.83. The Labute approximate surface area is 632 Å². The molecular formula is C93H126O12. The summed E-state index contributed by atoms with van der Waals surface area (Å²) in [5.41, 5.74) is 9.45. The Balaban J connectivity index is 0.000000197. The average Bonchev–Trinajstić information content (AvgIpc) is 0.882. The highest BCUT2D eigenvalue weighted by molar-refractivity contribution is 5.38. The summed E-state index contributed by atoms with van der Waals surface area (Å²) in [4.78, 5) is 0. The van der Waals surface area contributed by atoms with E-state index in [4.69, 9.17) is 56.8 Å². The van der Waals surface area contributed by atoms with E-state index in [-0.39, 0.29) is 25.2 Å². The van der Waals surface area contributed by atoms with Gasteiger partial charge in [0.05, 0.1) is 39.1 Å². The van der Waals surface area contributed by atoms with Crippen LogP contribution in [0.2, 0.25) is 0 Å². The predicted molar refractivity (Wildman–Crippen MR) is 429 cm³/mol. The molecule has 0 aromatic heterocycles. The molecule has 2 aliphatic carbocycles. The largest absolute Gasteiger partial charge is 0.491 e. The second-order valence-electron chi connectivity index (χ2n) is 28.0. The molecule has 2 aliphatic rings. The third-order valence-corrected chi connectivity index (χ3v) is 20.1. The van der Waals surface area contributed by atoms with Crippen LogP contribution in [0.1, 0.15) is 241 Å². The van der Waals surface area contributed by atoms with Crippen LogP contribution in [0.3, 0.4) is 0 Å². The summed E-state index contributed by atoms with van der Waals surface area (Å²) < 4.78 is 69.2. The number of rotatable bonds is 38. The summed E-state index contributed by atoms with van der Waals surface area (Å²) in [5.74, 6) is 9.73. The zero-order valence-corrected chi connectivity index (χ0v) is 65.7. The molecule has 12 nitrogen and oxygen atoms in total. The number of benzene rings is 8. The van der Waals surface area contributed by atoms with Crippen LogP contribution >= 0.6 is 0 Å². The Hall–Kier alpha value is -7.84. The zero-order chi connectivity index (χ0) is 74.8. The van der Waals surface area contributed by atoms with Gasteiger partial charge in [-0.1, -0.05) is 202 Å². The number of aryl methyl sites for hydroxylation is 1. The van der Waals surface area contributed by atoms with E-state index < -0.39 is 0 Å². The average molecular weight is 1440 g/mol. The second-order valence-corrected chi connectivity index (χ2v) is 28.0. The molecule has 0 bridgehead atoms. The van der Waals surface area contributed by atoms with Crippen molar-refractivity contribution in [3.63, 3.8) is 0 Å². The minimum Gasteiger partial charge on any atom is -0.491 e. The van der Waals surface area contributed by atoms with E-state index in [2.05, 4.69) is 165 Å². The van der Waals surface area contributed by atoms with E-state index in [1.807, 2.05) is 131 Å². The molecule has 8 aromatic carbocycles. The summed E-state index contributed by atoms with van der Waals surface area (Å²) >= 11 is 0. The van der Waals surface area contributed by atoms with Gasteiger partial charge in [0.2, 0.25) is 0 Å². The lowest BCUT2D eigenvalue weighted by Gasteiger charge is -2.29. The third-order valence-electron chi connectivity index (χ3n) is 20.1. The molecule has 0 radical (unpaired) electrons. The van der Waals surface area contributed by atoms with Crippen molar-refractivity contribution in [1.82, 2.24) is 0 Å². The van der Waals surface area contributed by atoms with Gasteiger partial charge >= 0.3 is 0 Å². The highest BCUT2D eigenvalue weighted by atomic mass is 16.7. The van der Waals surface area contributed by atoms with Crippen LogP contribution in [0.25, 0.3) is 0 Å². The predicted octanol–water partition coefficient (Wildman–Crippen LogP) is 24.1. The van der Waals surface area contributed by atoms with Crippen molar-refractivity contribution in [1.29, 1.82) is 0 Å². The Morgan fingerprint density at radius 3 is 1.01 bits per heavy atom. The smallest absolute Gasteiger partial charge is 0.197 e. The van der Waals surface area contributed by atoms with E-state index in [9.17, 15) is 0 Å². The summed E-state index contributed by atoms with van der Waals surface area (Å²) in [6.45, 7) is 31.7. The highest BCUT2D eigenvalue weighted by Crippen LogP contribution is 2.36. The van der Waals surface area contributed by atoms with Gasteiger partial charge in [0.25, 0.3) is 0 Å². The molecule has 105 heavy (non-hydrogen) atoms. The Kier molecular flexibility index (Phi) is 38.9. The van der Waals surface area contributed by atoms with Crippen LogP contribution in [0.4, 0.5) is 0 Å². The summed E-state index contributed by atoms with van der Waals surface area (Å²) in [6.07, 6.45) is 15.2. The molecule has 8 unspecified atom stereocenters. The molecular weight excluding hydrogens is 1310 g/mol. The van der Waals surface area contributed by atoms with Crippen molar-refractivity contribution in [2.75, 3.05) is 52.9 Å². The molecule has 570 valence electrons. The third kappa shape index (κ3) is 32.0. The first-order valence-electron chi connectivity index (χ1n) is 39.4. The minimum atomic E-state index is -0.308. The van der Waals surface area contributed by atoms with Gasteiger partial charge in [-0.05, 0) is 252 Å². The fraction of sp³-hybridized carbons (Fsp3) is 0.484. The fourth-order valence-corrected chi connectivity index (χ4v) is 12.7. The highest BCUT2D eigenvalue weighted by Gasteiger charge is 2.23. The molecule has 0 aliphatic heterocycles. The molecule has 2 saturated carbocycles. The first kappa shape index (κ1) is 84.4. The number of ether oxygens (including phenoxy) is 12. The van der Waals surface area contributed by atoms with Gasteiger partial charge in [-0.25, -0.2) is 0 Å². The van der Waals surface area contributed by atoms with Gasteiger partial charge in [-0.2, -0.15) is 0 Å². The van der Waals surface area contributed by atoms with Crippen LogP contribution < -0.4 is 33.2 Å². The molecule has 0 heterocycles. The molecule has 2 fully saturated rings. The van der Waals surface area contributed by atoms with Crippen molar-refractivity contribution in [3.05, 3.63) is 245 Å². The molecule has 0 saturated heterocycles. The van der Waals surface area contributed by atoms with Crippen molar-refractivity contribution >= 4 is 0 Å². The van der Waals surface area contributed by atoms with Crippen molar-refractivity contribution in [3.8, 4) is 40.2 Å². The molecule has 8 aromatic rings. The molecule has 0 spiro atoms. The number of hydrogen-bond donors (Lipinski definition) is 0. The maximum Gasteiger partial charge on any atom is 0.197 e. The van der Waals surface area contributed by atoms with Gasteiger partial charge in [-0.3, -0.25) is 0 Å². The Morgan fingerprint density at radius 1 is 0.295 bits per heavy atom. The maximum absolute atomic E-state index is 6.04. The summed E-state index contributed by atoms with van der Waals surface area (Å²) in [7, 11) is 0. The lowest BCUT2D eigenvalue weighted by Crippen LogP contribution is -2.24. The first-order chi connectivity index (χ1) is 51.1. The standard InChI is InChI=1S/2C26H36O3.C21H28O3.C20H26O3/c2*1-4-20(2)22-10-16-26(17-11-22)29-21(3)27-18-19-28-25-14-12-24(13-15-25)23-8-6-5-7-9-23;1-5-16(2)19-11-12-21(17(3)15-19)24-18(4)22-13-14-23-20-9-7-6-8-10-20;1-4-16(2)18-10-12-20(13-11-18)23-17(3)21-14-15-22-19-8-6-5-7-9-19/h10-17,20-21,23H,4-9,18-19H2,1-3H3;5-11,16-17,20-21,24-25H,4,12-15,18-19H2,1-3H3;6-12,15-16,18H,5,13-14H2,1-4H3;5-13,16-17H,4,14-15H2,1-3H3. The van der Waals surface area contributed by atoms with Crippen LogP contribution in [0.5, 0.6) is 40.2 Å². The SMILES string of the molecule is CCC(C)c1ccc(OC(C)OCCOC2CCC(c3ccccc3)CC2)cc1.CCC(C)c1ccc(OC(C)OCCOc2ccc(C3CCCCC3)cc2)cc1.CCC(C)c1ccc(OC(C)OCCOc2ccccc2)c(C)c1.CCC(C)c1ccc(OC(C)OCCOc2ccccc2)cc1. The normalized spacial score (nSPS) is 16.6. The Morgan fingerprint density at radius 2 is 0.619 bits per heavy atom. The fourth-order valence-electron chi connectivity index (χ4n) is 12.7. The van der Waals surface area contributed by atoms with Gasteiger partial charge in [0.1, 0.15) is 60.1 Å². The number of para-hydroxylation sites is 2. The van der Waals surface area contributed by atoms with Crippen LogP contribution in [0.15, 0.2) is 206 Å². The number of hydrogen-bond acceptors (Lipinski definition) is 12. The molecule has 8 atom stereocenters. The maximum atomic E-state index is 6.04. The van der Waals surface area contributed by atoms with Gasteiger partial charge < -0.3 is 56.8 Å². The summed E-state index contributed by atoms with van der Waals surface area (Å²) in [6, 6.07) is 70.2. The van der Waals surface area contributed by atoms with E-state index in [1.165, 1.54) is 78.3 Å². The second kappa shape index (κ2) is 48.4. The topological polar surface area (TPSA) is 111 Å². The van der Waals surface area contributed by atoms with Crippen molar-refractivity contribution in [2.45, 2.75) is 240 Å². The van der Waals surface area contributed by atoms with Crippen LogP contribution in [0, 0.1) is 6.92 Å². The molecule has 0 amide bonds. The molecule has 0 N–H and O–H groups in total. The van der Waals surface area contributed by atoms with E-state index in [1.54, 1.807) is 0 Å². The zero-order valence-electron chi connectivity index (χ0n) is 65.7. The van der Waals surface area contributed by atoms with Crippen molar-refractivity contribution < 1.29 is 56.8 Å². The Bertz CT molecular complexity index is 3490. The van der Waals surface area contributed by atoms with E-state index >= 15 is 0 Å². The van der Waals surface area contributed by atoms with Gasteiger partial charge in [0, 0.05) is 0 Å².